The van der Waals surface area contributed by atoms with Gasteiger partial charge in [-0.3, -0.25) is 14.8 Å². The molecule has 3 aromatic rings. The Morgan fingerprint density at radius 1 is 1.30 bits per heavy atom. The van der Waals surface area contributed by atoms with Gasteiger partial charge in [-0.25, -0.2) is 4.39 Å². The van der Waals surface area contributed by atoms with E-state index in [1.165, 1.54) is 12.1 Å². The molecule has 0 radical (unpaired) electrons. The number of hydrogen-bond acceptors (Lipinski definition) is 3. The number of aliphatic imine (C=N–C) groups is 1. The van der Waals surface area contributed by atoms with Gasteiger partial charge in [0.05, 0.1) is 18.4 Å². The van der Waals surface area contributed by atoms with E-state index in [2.05, 4.69) is 30.9 Å². The van der Waals surface area contributed by atoms with Gasteiger partial charge in [-0.05, 0) is 42.3 Å². The molecular formula is C19H21FN6O. The maximum absolute atomic E-state index is 13.4. The number of halogens is 1. The zero-order chi connectivity index (χ0) is 19.1. The molecule has 0 aliphatic carbocycles. The van der Waals surface area contributed by atoms with Crippen LogP contribution in [0.5, 0.6) is 0 Å². The molecule has 0 atom stereocenters. The average Bonchev–Trinajstić information content (AvgIpc) is 3.07. The summed E-state index contributed by atoms with van der Waals surface area (Å²) in [5.41, 5.74) is 2.56. The van der Waals surface area contributed by atoms with Gasteiger partial charge >= 0.3 is 0 Å². The van der Waals surface area contributed by atoms with Gasteiger partial charge in [0, 0.05) is 36.9 Å². The second-order valence-corrected chi connectivity index (χ2v) is 5.90. The van der Waals surface area contributed by atoms with Gasteiger partial charge in [0.25, 0.3) is 0 Å². The fraction of sp³-hybridized carbons (Fsp3) is 0.211. The number of pyridine rings is 1. The first-order valence-corrected chi connectivity index (χ1v) is 8.55. The summed E-state index contributed by atoms with van der Waals surface area (Å²) in [5, 5.41) is 9.71. The summed E-state index contributed by atoms with van der Waals surface area (Å²) in [6, 6.07) is 8.20. The second kappa shape index (κ2) is 8.79. The lowest BCUT2D eigenvalue weighted by molar-refractivity contribution is -0.115. The molecule has 7 nitrogen and oxygen atoms in total. The number of hydrogen-bond donors (Lipinski definition) is 4. The van der Waals surface area contributed by atoms with E-state index >= 15 is 0 Å². The van der Waals surface area contributed by atoms with E-state index in [0.29, 0.717) is 24.6 Å². The van der Waals surface area contributed by atoms with Crippen molar-refractivity contribution in [2.75, 3.05) is 25.5 Å². The zero-order valence-electron chi connectivity index (χ0n) is 14.9. The molecule has 2 heterocycles. The molecule has 1 amide bonds. The molecule has 0 aliphatic rings. The van der Waals surface area contributed by atoms with Crippen LogP contribution in [0.2, 0.25) is 0 Å². The van der Waals surface area contributed by atoms with Crippen molar-refractivity contribution in [2.45, 2.75) is 6.42 Å². The fourth-order valence-electron chi connectivity index (χ4n) is 2.70. The number of carbonyl (C=O) groups excluding carboxylic acids is 1. The molecule has 4 N–H and O–H groups in total. The van der Waals surface area contributed by atoms with E-state index < -0.39 is 0 Å². The summed E-state index contributed by atoms with van der Waals surface area (Å²) in [4.78, 5) is 23.1. The summed E-state index contributed by atoms with van der Waals surface area (Å²) in [7, 11) is 1.63. The zero-order valence-corrected chi connectivity index (χ0v) is 14.9. The van der Waals surface area contributed by atoms with E-state index in [4.69, 9.17) is 0 Å². The number of anilines is 1. The number of aromatic nitrogens is 2. The largest absolute Gasteiger partial charge is 0.361 e. The summed E-state index contributed by atoms with van der Waals surface area (Å²) < 4.78 is 13.4. The summed E-state index contributed by atoms with van der Waals surface area (Å²) >= 11 is 0. The Morgan fingerprint density at radius 2 is 2.19 bits per heavy atom. The van der Waals surface area contributed by atoms with E-state index in [-0.39, 0.29) is 18.3 Å². The van der Waals surface area contributed by atoms with Crippen LogP contribution in [0.15, 0.2) is 53.9 Å². The molecule has 2 aromatic heterocycles. The minimum absolute atomic E-state index is 0.0763. The summed E-state index contributed by atoms with van der Waals surface area (Å²) in [6.45, 7) is 0.667. The van der Waals surface area contributed by atoms with Gasteiger partial charge < -0.3 is 20.9 Å². The molecule has 140 valence electrons. The molecule has 1 aromatic carbocycles. The number of nitrogens with one attached hydrogen (secondary N) is 4. The maximum Gasteiger partial charge on any atom is 0.243 e. The van der Waals surface area contributed by atoms with Crippen molar-refractivity contribution in [3.05, 3.63) is 60.3 Å². The Hall–Kier alpha value is -3.42. The molecule has 0 unspecified atom stereocenters. The van der Waals surface area contributed by atoms with Crippen LogP contribution >= 0.6 is 0 Å². The molecule has 0 spiro atoms. The van der Waals surface area contributed by atoms with Crippen LogP contribution in [-0.4, -0.2) is 42.0 Å². The lowest BCUT2D eigenvalue weighted by atomic mass is 10.1. The van der Waals surface area contributed by atoms with Crippen molar-refractivity contribution in [1.82, 2.24) is 20.6 Å². The Morgan fingerprint density at radius 3 is 2.96 bits per heavy atom. The van der Waals surface area contributed by atoms with E-state index in [1.807, 2.05) is 6.20 Å². The lowest BCUT2D eigenvalue weighted by Crippen LogP contribution is -2.42. The minimum Gasteiger partial charge on any atom is -0.361 e. The highest BCUT2D eigenvalue weighted by atomic mass is 19.1. The van der Waals surface area contributed by atoms with Crippen LogP contribution in [0.3, 0.4) is 0 Å². The topological polar surface area (TPSA) is 94.2 Å². The van der Waals surface area contributed by atoms with Crippen molar-refractivity contribution in [3.8, 4) is 0 Å². The third-order valence-corrected chi connectivity index (χ3v) is 4.00. The van der Waals surface area contributed by atoms with Crippen LogP contribution in [-0.2, 0) is 11.2 Å². The fourth-order valence-corrected chi connectivity index (χ4v) is 2.70. The molecule has 8 heteroatoms. The van der Waals surface area contributed by atoms with Gasteiger partial charge in [-0.15, -0.1) is 0 Å². The van der Waals surface area contributed by atoms with Crippen molar-refractivity contribution in [2.24, 2.45) is 4.99 Å². The number of amides is 1. The molecule has 0 saturated carbocycles. The molecule has 0 aliphatic heterocycles. The Bertz CT molecular complexity index is 938. The molecule has 3 rings (SSSR count). The maximum atomic E-state index is 13.4. The van der Waals surface area contributed by atoms with Gasteiger partial charge in [-0.2, -0.15) is 0 Å². The van der Waals surface area contributed by atoms with E-state index in [0.717, 1.165) is 16.5 Å². The van der Waals surface area contributed by atoms with Crippen LogP contribution in [0.25, 0.3) is 10.9 Å². The van der Waals surface area contributed by atoms with E-state index in [1.54, 1.807) is 37.6 Å². The summed E-state index contributed by atoms with van der Waals surface area (Å²) in [6.07, 6.45) is 5.78. The smallest absolute Gasteiger partial charge is 0.243 e. The van der Waals surface area contributed by atoms with E-state index in [9.17, 15) is 9.18 Å². The van der Waals surface area contributed by atoms with Crippen molar-refractivity contribution >= 4 is 28.5 Å². The SMILES string of the molecule is CN=C(NCCc1c[nH]c2ccc(F)cc12)NCC(=O)Nc1cccnc1. The monoisotopic (exact) mass is 368 g/mol. The first-order chi connectivity index (χ1) is 13.2. The molecule has 0 saturated heterocycles. The molecule has 27 heavy (non-hydrogen) atoms. The highest BCUT2D eigenvalue weighted by Crippen LogP contribution is 2.19. The predicted octanol–water partition coefficient (Wildman–Crippen LogP) is 2.05. The Kier molecular flexibility index (Phi) is 5.98. The number of carbonyl (C=O) groups is 1. The second-order valence-electron chi connectivity index (χ2n) is 5.90. The van der Waals surface area contributed by atoms with Gasteiger partial charge in [0.15, 0.2) is 5.96 Å². The first-order valence-electron chi connectivity index (χ1n) is 8.55. The molecular weight excluding hydrogens is 347 g/mol. The number of rotatable bonds is 6. The first kappa shape index (κ1) is 18.4. The van der Waals surface area contributed by atoms with Crippen LogP contribution < -0.4 is 16.0 Å². The lowest BCUT2D eigenvalue weighted by Gasteiger charge is -2.11. The van der Waals surface area contributed by atoms with Crippen LogP contribution in [0.1, 0.15) is 5.56 Å². The Balaban J connectivity index is 1.46. The predicted molar refractivity (Wildman–Crippen MR) is 104 cm³/mol. The quantitative estimate of drug-likeness (QED) is 0.396. The minimum atomic E-state index is -0.256. The van der Waals surface area contributed by atoms with Crippen LogP contribution in [0, 0.1) is 5.82 Å². The third kappa shape index (κ3) is 5.04. The number of aromatic amines is 1. The van der Waals surface area contributed by atoms with Gasteiger partial charge in [-0.1, -0.05) is 0 Å². The van der Waals surface area contributed by atoms with Crippen molar-refractivity contribution < 1.29 is 9.18 Å². The number of benzene rings is 1. The molecule has 0 bridgehead atoms. The molecule has 0 fully saturated rings. The van der Waals surface area contributed by atoms with Crippen molar-refractivity contribution in [3.63, 3.8) is 0 Å². The number of H-pyrrole nitrogens is 1. The van der Waals surface area contributed by atoms with Gasteiger partial charge in [0.2, 0.25) is 5.91 Å². The highest BCUT2D eigenvalue weighted by molar-refractivity contribution is 5.94. The summed E-state index contributed by atoms with van der Waals surface area (Å²) in [5.74, 6) is 0.0637. The number of nitrogens with zero attached hydrogens (tertiary/aromatic N) is 2. The normalized spacial score (nSPS) is 11.4. The van der Waals surface area contributed by atoms with Crippen molar-refractivity contribution in [1.29, 1.82) is 0 Å². The number of guanidine groups is 1. The van der Waals surface area contributed by atoms with Crippen LogP contribution in [0.4, 0.5) is 10.1 Å². The number of fused-ring (bicyclic) bond motifs is 1. The Labute approximate surface area is 156 Å². The standard InChI is InChI=1S/C19H21FN6O/c1-21-19(25-12-18(27)26-15-3-2-7-22-11-15)23-8-6-13-10-24-17-5-4-14(20)9-16(13)17/h2-5,7,9-11,24H,6,8,12H2,1H3,(H,26,27)(H2,21,23,25). The average molecular weight is 368 g/mol. The third-order valence-electron chi connectivity index (χ3n) is 4.00. The highest BCUT2D eigenvalue weighted by Gasteiger charge is 2.07. The van der Waals surface area contributed by atoms with Gasteiger partial charge in [0.1, 0.15) is 5.82 Å².